The molecule has 0 aliphatic rings. The van der Waals surface area contributed by atoms with Gasteiger partial charge in [0.25, 0.3) is 0 Å². The van der Waals surface area contributed by atoms with Crippen molar-refractivity contribution in [2.75, 3.05) is 12.4 Å². The highest BCUT2D eigenvalue weighted by molar-refractivity contribution is 7.99. The molecule has 2 nitrogen and oxygen atoms in total. The number of halogens is 3. The SMILES string of the molecule is OCCCSc1ccc(CO)cc1C(F)(F)F. The van der Waals surface area contributed by atoms with Crippen molar-refractivity contribution < 1.29 is 23.4 Å². The maximum Gasteiger partial charge on any atom is 0.417 e. The molecule has 0 fully saturated rings. The first-order chi connectivity index (χ1) is 7.99. The predicted molar refractivity (Wildman–Crippen MR) is 59.8 cm³/mol. The number of aliphatic hydroxyl groups is 2. The fourth-order valence-corrected chi connectivity index (χ4v) is 2.26. The van der Waals surface area contributed by atoms with Crippen LogP contribution in [0.4, 0.5) is 13.2 Å². The molecule has 0 aromatic heterocycles. The lowest BCUT2D eigenvalue weighted by Gasteiger charge is -2.13. The Balaban J connectivity index is 2.95. The van der Waals surface area contributed by atoms with Gasteiger partial charge in [-0.3, -0.25) is 0 Å². The molecule has 2 N–H and O–H groups in total. The van der Waals surface area contributed by atoms with Crippen LogP contribution < -0.4 is 0 Å². The van der Waals surface area contributed by atoms with Crippen molar-refractivity contribution in [3.63, 3.8) is 0 Å². The molecule has 0 aliphatic heterocycles. The molecule has 1 aromatic carbocycles. The summed E-state index contributed by atoms with van der Waals surface area (Å²) in [6.45, 7) is -0.451. The van der Waals surface area contributed by atoms with Crippen LogP contribution in [0.2, 0.25) is 0 Å². The van der Waals surface area contributed by atoms with Crippen molar-refractivity contribution >= 4 is 11.8 Å². The van der Waals surface area contributed by atoms with Crippen molar-refractivity contribution in [2.24, 2.45) is 0 Å². The van der Waals surface area contributed by atoms with Gasteiger partial charge in [0.05, 0.1) is 12.2 Å². The molecule has 0 heterocycles. The molecule has 0 spiro atoms. The smallest absolute Gasteiger partial charge is 0.396 e. The summed E-state index contributed by atoms with van der Waals surface area (Å²) in [6, 6.07) is 3.79. The van der Waals surface area contributed by atoms with E-state index in [4.69, 9.17) is 10.2 Å². The van der Waals surface area contributed by atoms with Gasteiger partial charge in [-0.15, -0.1) is 11.8 Å². The Morgan fingerprint density at radius 2 is 1.88 bits per heavy atom. The Labute approximate surface area is 101 Å². The lowest BCUT2D eigenvalue weighted by molar-refractivity contribution is -0.139. The normalized spacial score (nSPS) is 11.8. The Hall–Kier alpha value is -0.720. The van der Waals surface area contributed by atoms with E-state index in [1.807, 2.05) is 0 Å². The monoisotopic (exact) mass is 266 g/mol. The van der Waals surface area contributed by atoms with E-state index in [1.54, 1.807) is 0 Å². The predicted octanol–water partition coefficient (Wildman–Crippen LogP) is 2.67. The molecule has 0 saturated carbocycles. The number of thioether (sulfide) groups is 1. The van der Waals surface area contributed by atoms with Crippen molar-refractivity contribution in [3.05, 3.63) is 29.3 Å². The van der Waals surface area contributed by atoms with E-state index in [0.717, 1.165) is 17.8 Å². The average molecular weight is 266 g/mol. The summed E-state index contributed by atoms with van der Waals surface area (Å²) in [5.74, 6) is 0.429. The van der Waals surface area contributed by atoms with Crippen LogP contribution in [0.3, 0.4) is 0 Å². The topological polar surface area (TPSA) is 40.5 Å². The van der Waals surface area contributed by atoms with E-state index in [0.29, 0.717) is 12.2 Å². The third-order valence-corrected chi connectivity index (χ3v) is 3.25. The Kier molecular flexibility index (Phi) is 5.30. The molecule has 1 aromatic rings. The van der Waals surface area contributed by atoms with Crippen molar-refractivity contribution in [3.8, 4) is 0 Å². The van der Waals surface area contributed by atoms with Crippen LogP contribution in [0.25, 0.3) is 0 Å². The minimum absolute atomic E-state index is 0.0386. The van der Waals surface area contributed by atoms with E-state index in [9.17, 15) is 13.2 Å². The van der Waals surface area contributed by atoms with Crippen LogP contribution in [0, 0.1) is 0 Å². The molecular weight excluding hydrogens is 253 g/mol. The first kappa shape index (κ1) is 14.3. The summed E-state index contributed by atoms with van der Waals surface area (Å²) in [5.41, 5.74) is -0.490. The first-order valence-electron chi connectivity index (χ1n) is 5.03. The van der Waals surface area contributed by atoms with Gasteiger partial charge in [0.15, 0.2) is 0 Å². The summed E-state index contributed by atoms with van der Waals surface area (Å²) < 4.78 is 38.2. The average Bonchev–Trinajstić information content (AvgIpc) is 2.28. The third kappa shape index (κ3) is 4.22. The molecule has 0 bridgehead atoms. The highest BCUT2D eigenvalue weighted by atomic mass is 32.2. The molecule has 0 unspecified atom stereocenters. The van der Waals surface area contributed by atoms with Gasteiger partial charge in [-0.05, 0) is 24.1 Å². The number of hydrogen-bond acceptors (Lipinski definition) is 3. The summed E-state index contributed by atoms with van der Waals surface area (Å²) in [4.78, 5) is 0.128. The maximum atomic E-state index is 12.7. The number of rotatable bonds is 5. The zero-order valence-corrected chi connectivity index (χ0v) is 9.81. The fraction of sp³-hybridized carbons (Fsp3) is 0.455. The zero-order valence-electron chi connectivity index (χ0n) is 9.00. The molecule has 96 valence electrons. The fourth-order valence-electron chi connectivity index (χ4n) is 1.27. The van der Waals surface area contributed by atoms with Crippen LogP contribution in [-0.4, -0.2) is 22.6 Å². The second-order valence-corrected chi connectivity index (χ2v) is 4.55. The van der Waals surface area contributed by atoms with Crippen molar-refractivity contribution in [2.45, 2.75) is 24.1 Å². The van der Waals surface area contributed by atoms with E-state index in [1.165, 1.54) is 12.1 Å². The van der Waals surface area contributed by atoms with E-state index in [2.05, 4.69) is 0 Å². The Morgan fingerprint density at radius 3 is 2.41 bits per heavy atom. The number of benzene rings is 1. The summed E-state index contributed by atoms with van der Waals surface area (Å²) in [5, 5.41) is 17.4. The second kappa shape index (κ2) is 6.28. The van der Waals surface area contributed by atoms with Gasteiger partial charge in [0.1, 0.15) is 0 Å². The molecule has 17 heavy (non-hydrogen) atoms. The first-order valence-corrected chi connectivity index (χ1v) is 6.02. The second-order valence-electron chi connectivity index (χ2n) is 3.41. The van der Waals surface area contributed by atoms with Crippen LogP contribution in [0.15, 0.2) is 23.1 Å². The zero-order chi connectivity index (χ0) is 12.9. The minimum Gasteiger partial charge on any atom is -0.396 e. The standard InChI is InChI=1S/C11H13F3O2S/c12-11(13,14)9-6-8(7-16)2-3-10(9)17-5-1-4-15/h2-3,6,15-16H,1,4-5,7H2. The summed E-state index contributed by atoms with van der Waals surface area (Å²) in [7, 11) is 0. The maximum absolute atomic E-state index is 12.7. The number of aliphatic hydroxyl groups excluding tert-OH is 2. The summed E-state index contributed by atoms with van der Waals surface area (Å²) in [6.07, 6.45) is -3.98. The largest absolute Gasteiger partial charge is 0.417 e. The Bertz CT molecular complexity index is 366. The third-order valence-electron chi connectivity index (χ3n) is 2.09. The highest BCUT2D eigenvalue weighted by Gasteiger charge is 2.33. The lowest BCUT2D eigenvalue weighted by atomic mass is 10.1. The molecule has 0 radical (unpaired) electrons. The van der Waals surface area contributed by atoms with Gasteiger partial charge < -0.3 is 10.2 Å². The van der Waals surface area contributed by atoms with Crippen LogP contribution >= 0.6 is 11.8 Å². The molecule has 0 atom stereocenters. The van der Waals surface area contributed by atoms with Crippen LogP contribution in [0.1, 0.15) is 17.5 Å². The van der Waals surface area contributed by atoms with Gasteiger partial charge in [0.2, 0.25) is 0 Å². The molecule has 1 rings (SSSR count). The van der Waals surface area contributed by atoms with E-state index < -0.39 is 18.3 Å². The van der Waals surface area contributed by atoms with Gasteiger partial charge in [0, 0.05) is 17.3 Å². The molecule has 0 amide bonds. The highest BCUT2D eigenvalue weighted by Crippen LogP contribution is 2.37. The van der Waals surface area contributed by atoms with Crippen molar-refractivity contribution in [1.29, 1.82) is 0 Å². The quantitative estimate of drug-likeness (QED) is 0.636. The lowest BCUT2D eigenvalue weighted by Crippen LogP contribution is -2.08. The minimum atomic E-state index is -4.42. The molecule has 6 heteroatoms. The Morgan fingerprint density at radius 1 is 1.18 bits per heavy atom. The van der Waals surface area contributed by atoms with Crippen LogP contribution in [0.5, 0.6) is 0 Å². The van der Waals surface area contributed by atoms with Crippen molar-refractivity contribution in [1.82, 2.24) is 0 Å². The molecule has 0 saturated heterocycles. The van der Waals surface area contributed by atoms with Gasteiger partial charge in [-0.2, -0.15) is 13.2 Å². The van der Waals surface area contributed by atoms with E-state index in [-0.39, 0.29) is 17.1 Å². The molecular formula is C11H13F3O2S. The van der Waals surface area contributed by atoms with Gasteiger partial charge in [-0.1, -0.05) is 6.07 Å². The van der Waals surface area contributed by atoms with Gasteiger partial charge in [-0.25, -0.2) is 0 Å². The van der Waals surface area contributed by atoms with Crippen LogP contribution in [-0.2, 0) is 12.8 Å². The number of alkyl halides is 3. The van der Waals surface area contributed by atoms with E-state index >= 15 is 0 Å². The van der Waals surface area contributed by atoms with Gasteiger partial charge >= 0.3 is 6.18 Å². The molecule has 0 aliphatic carbocycles. The summed E-state index contributed by atoms with van der Waals surface area (Å²) >= 11 is 1.06. The number of hydrogen-bond donors (Lipinski definition) is 2.